The minimum atomic E-state index is -3.54. The van der Waals surface area contributed by atoms with Crippen molar-refractivity contribution in [3.05, 3.63) is 23.0 Å². The zero-order valence-corrected chi connectivity index (χ0v) is 11.1. The lowest BCUT2D eigenvalue weighted by molar-refractivity contribution is 0.373. The van der Waals surface area contributed by atoms with Crippen LogP contribution in [-0.4, -0.2) is 26.3 Å². The summed E-state index contributed by atoms with van der Waals surface area (Å²) < 4.78 is 58.6. The highest BCUT2D eigenvalue weighted by atomic mass is 32.3. The molecule has 0 aliphatic rings. The summed E-state index contributed by atoms with van der Waals surface area (Å²) in [6.45, 7) is 1.71. The predicted molar refractivity (Wildman–Crippen MR) is 64.0 cm³/mol. The van der Waals surface area contributed by atoms with E-state index in [4.69, 9.17) is 0 Å². The second-order valence-corrected chi connectivity index (χ2v) is 6.94. The van der Waals surface area contributed by atoms with Gasteiger partial charge in [-0.15, -0.1) is 11.8 Å². The van der Waals surface area contributed by atoms with E-state index >= 15 is 0 Å². The maximum absolute atomic E-state index is 12.4. The third-order valence-corrected chi connectivity index (χ3v) is 4.96. The van der Waals surface area contributed by atoms with Crippen LogP contribution in [0.1, 0.15) is 13.3 Å². The quantitative estimate of drug-likeness (QED) is 0.782. The SMILES string of the molecule is CN/C=C(/C)SCS(=O)(=O)CCC(F)=C(F)F. The highest BCUT2D eigenvalue weighted by molar-refractivity contribution is 8.14. The first-order valence-corrected chi connectivity index (χ1v) is 7.46. The number of hydrogen-bond donors (Lipinski definition) is 1. The topological polar surface area (TPSA) is 46.2 Å². The normalized spacial score (nSPS) is 12.4. The first kappa shape index (κ1) is 16.4. The van der Waals surface area contributed by atoms with Gasteiger partial charge in [-0.1, -0.05) is 0 Å². The molecule has 0 bridgehead atoms. The molecule has 0 fully saturated rings. The smallest absolute Gasteiger partial charge is 0.301 e. The summed E-state index contributed by atoms with van der Waals surface area (Å²) in [7, 11) is -1.87. The zero-order chi connectivity index (χ0) is 13.5. The Hall–Kier alpha value is -0.630. The van der Waals surface area contributed by atoms with Crippen LogP contribution in [0.3, 0.4) is 0 Å². The van der Waals surface area contributed by atoms with Crippen LogP contribution >= 0.6 is 11.8 Å². The molecule has 100 valence electrons. The summed E-state index contributed by atoms with van der Waals surface area (Å²) in [6.07, 6.45) is -1.62. The zero-order valence-electron chi connectivity index (χ0n) is 9.47. The van der Waals surface area contributed by atoms with Gasteiger partial charge < -0.3 is 5.32 Å². The van der Waals surface area contributed by atoms with Crippen LogP contribution in [0.2, 0.25) is 0 Å². The minimum absolute atomic E-state index is 0.252. The Morgan fingerprint density at radius 1 is 1.35 bits per heavy atom. The highest BCUT2D eigenvalue weighted by Gasteiger charge is 2.15. The molecule has 0 aromatic rings. The molecule has 0 aromatic heterocycles. The second-order valence-electron chi connectivity index (χ2n) is 3.17. The van der Waals surface area contributed by atoms with Crippen LogP contribution in [0.25, 0.3) is 0 Å². The molecule has 0 amide bonds. The lowest BCUT2D eigenvalue weighted by atomic mass is 10.4. The van der Waals surface area contributed by atoms with Crippen LogP contribution < -0.4 is 5.32 Å². The van der Waals surface area contributed by atoms with Gasteiger partial charge in [0.2, 0.25) is 0 Å². The van der Waals surface area contributed by atoms with Crippen LogP contribution in [0.15, 0.2) is 23.0 Å². The lowest BCUT2D eigenvalue weighted by Gasteiger charge is -2.03. The van der Waals surface area contributed by atoms with Gasteiger partial charge in [0, 0.05) is 19.7 Å². The van der Waals surface area contributed by atoms with Gasteiger partial charge in [0.15, 0.2) is 15.7 Å². The van der Waals surface area contributed by atoms with Crippen molar-refractivity contribution < 1.29 is 21.6 Å². The van der Waals surface area contributed by atoms with E-state index in [1.54, 1.807) is 20.2 Å². The number of nitrogens with one attached hydrogen (secondary N) is 1. The van der Waals surface area contributed by atoms with Crippen molar-refractivity contribution in [2.24, 2.45) is 0 Å². The van der Waals surface area contributed by atoms with E-state index in [1.165, 1.54) is 0 Å². The van der Waals surface area contributed by atoms with Gasteiger partial charge in [0.25, 0.3) is 0 Å². The van der Waals surface area contributed by atoms with Gasteiger partial charge in [0.05, 0.1) is 5.75 Å². The Bertz CT molecular complexity index is 400. The Morgan fingerprint density at radius 2 is 1.94 bits per heavy atom. The van der Waals surface area contributed by atoms with Crippen LogP contribution in [0.5, 0.6) is 0 Å². The van der Waals surface area contributed by atoms with Gasteiger partial charge in [-0.2, -0.15) is 8.78 Å². The Morgan fingerprint density at radius 3 is 2.41 bits per heavy atom. The lowest BCUT2D eigenvalue weighted by Crippen LogP contribution is -2.09. The summed E-state index contributed by atoms with van der Waals surface area (Å²) in [6, 6.07) is 0. The molecule has 17 heavy (non-hydrogen) atoms. The van der Waals surface area contributed by atoms with Crippen molar-refractivity contribution in [1.29, 1.82) is 0 Å². The summed E-state index contributed by atoms with van der Waals surface area (Å²) in [5.41, 5.74) is 0. The predicted octanol–water partition coefficient (Wildman–Crippen LogP) is 2.64. The maximum atomic E-state index is 12.4. The molecule has 0 aliphatic carbocycles. The number of rotatable bonds is 7. The number of sulfone groups is 1. The summed E-state index contributed by atoms with van der Waals surface area (Å²) >= 11 is 1.05. The molecule has 0 aromatic carbocycles. The average molecular weight is 289 g/mol. The molecule has 3 nitrogen and oxygen atoms in total. The van der Waals surface area contributed by atoms with E-state index in [1.807, 2.05) is 0 Å². The first-order valence-electron chi connectivity index (χ1n) is 4.65. The fourth-order valence-corrected chi connectivity index (χ4v) is 3.45. The summed E-state index contributed by atoms with van der Waals surface area (Å²) in [5, 5.41) is 2.47. The van der Waals surface area contributed by atoms with Gasteiger partial charge >= 0.3 is 6.08 Å². The monoisotopic (exact) mass is 289 g/mol. The molecule has 0 saturated carbocycles. The third kappa shape index (κ3) is 8.14. The van der Waals surface area contributed by atoms with Crippen molar-refractivity contribution in [3.8, 4) is 0 Å². The van der Waals surface area contributed by atoms with E-state index in [-0.39, 0.29) is 5.08 Å². The van der Waals surface area contributed by atoms with Gasteiger partial charge in [-0.3, -0.25) is 0 Å². The molecule has 0 heterocycles. The van der Waals surface area contributed by atoms with E-state index in [0.29, 0.717) is 0 Å². The number of allylic oxidation sites excluding steroid dienone is 2. The van der Waals surface area contributed by atoms with Crippen molar-refractivity contribution >= 4 is 21.6 Å². The van der Waals surface area contributed by atoms with Crippen molar-refractivity contribution in [3.63, 3.8) is 0 Å². The van der Waals surface area contributed by atoms with Crippen LogP contribution in [0.4, 0.5) is 13.2 Å². The summed E-state index contributed by atoms with van der Waals surface area (Å²) in [5.74, 6) is -2.28. The van der Waals surface area contributed by atoms with Crippen molar-refractivity contribution in [2.45, 2.75) is 13.3 Å². The Labute approximate surface area is 103 Å². The molecule has 0 rings (SSSR count). The van der Waals surface area contributed by atoms with Crippen molar-refractivity contribution in [2.75, 3.05) is 17.9 Å². The van der Waals surface area contributed by atoms with Gasteiger partial charge in [0.1, 0.15) is 5.08 Å². The largest absolute Gasteiger partial charge is 0.393 e. The molecule has 0 unspecified atom stereocenters. The second kappa shape index (κ2) is 7.65. The molecule has 0 aliphatic heterocycles. The molecule has 0 spiro atoms. The van der Waals surface area contributed by atoms with Crippen LogP contribution in [-0.2, 0) is 9.84 Å². The van der Waals surface area contributed by atoms with Crippen LogP contribution in [0, 0.1) is 0 Å². The number of hydrogen-bond acceptors (Lipinski definition) is 4. The Kier molecular flexibility index (Phi) is 7.37. The average Bonchev–Trinajstić information content (AvgIpc) is 2.24. The third-order valence-electron chi connectivity index (χ3n) is 1.65. The van der Waals surface area contributed by atoms with Gasteiger partial charge in [-0.25, -0.2) is 12.8 Å². The van der Waals surface area contributed by atoms with E-state index in [2.05, 4.69) is 5.32 Å². The van der Waals surface area contributed by atoms with E-state index in [0.717, 1.165) is 16.7 Å². The molecular weight excluding hydrogens is 275 g/mol. The fourth-order valence-electron chi connectivity index (χ4n) is 0.826. The minimum Gasteiger partial charge on any atom is -0.393 e. The molecule has 1 N–H and O–H groups in total. The van der Waals surface area contributed by atoms with E-state index < -0.39 is 33.9 Å². The molecule has 8 heteroatoms. The molecule has 0 atom stereocenters. The highest BCUT2D eigenvalue weighted by Crippen LogP contribution is 2.19. The molecule has 0 radical (unpaired) electrons. The maximum Gasteiger partial charge on any atom is 0.301 e. The van der Waals surface area contributed by atoms with Gasteiger partial charge in [-0.05, 0) is 11.8 Å². The number of halogens is 3. The van der Waals surface area contributed by atoms with Crippen molar-refractivity contribution in [1.82, 2.24) is 5.32 Å². The summed E-state index contributed by atoms with van der Waals surface area (Å²) in [4.78, 5) is 0.740. The fraction of sp³-hybridized carbons (Fsp3) is 0.556. The first-order chi connectivity index (χ1) is 7.78. The molecular formula is C9H14F3NO2S2. The van der Waals surface area contributed by atoms with E-state index in [9.17, 15) is 21.6 Å². The standard InChI is InChI=1S/C9H14F3NO2S2/c1-7(5-13-2)16-6-17(14,15)4-3-8(10)9(11)12/h5,13H,3-4,6H2,1-2H3/b7-5-. The number of thioether (sulfide) groups is 1. The molecule has 0 saturated heterocycles. The Balaban J connectivity index is 4.24.